The molecule has 33 heavy (non-hydrogen) atoms. The number of amides is 2. The molecule has 7 heteroatoms. The molecule has 1 N–H and O–H groups in total. The normalized spacial score (nSPS) is 19.2. The Morgan fingerprint density at radius 1 is 1.21 bits per heavy atom. The maximum Gasteiger partial charge on any atom is 0.411 e. The van der Waals surface area contributed by atoms with Crippen LogP contribution in [0.15, 0.2) is 43.0 Å². The predicted octanol–water partition coefficient (Wildman–Crippen LogP) is 4.61. The second-order valence-electron chi connectivity index (χ2n) is 10.0. The van der Waals surface area contributed by atoms with Crippen LogP contribution in [-0.4, -0.2) is 46.6 Å². The molecule has 1 aliphatic heterocycles. The van der Waals surface area contributed by atoms with Crippen molar-refractivity contribution >= 4 is 18.0 Å². The summed E-state index contributed by atoms with van der Waals surface area (Å²) >= 11 is 0. The van der Waals surface area contributed by atoms with Crippen LogP contribution in [0.3, 0.4) is 0 Å². The fourth-order valence-electron chi connectivity index (χ4n) is 4.05. The molecule has 2 atom stereocenters. The van der Waals surface area contributed by atoms with Crippen molar-refractivity contribution in [2.75, 3.05) is 6.54 Å². The van der Waals surface area contributed by atoms with Crippen molar-refractivity contribution in [2.24, 2.45) is 5.92 Å². The average Bonchev–Trinajstić information content (AvgIpc) is 3.16. The quantitative estimate of drug-likeness (QED) is 0.432. The smallest absolute Gasteiger partial charge is 0.411 e. The highest BCUT2D eigenvalue weighted by molar-refractivity contribution is 5.93. The van der Waals surface area contributed by atoms with E-state index in [0.29, 0.717) is 25.8 Å². The van der Waals surface area contributed by atoms with Gasteiger partial charge in [-0.2, -0.15) is 0 Å². The lowest BCUT2D eigenvalue weighted by Crippen LogP contribution is -2.60. The Balaban J connectivity index is 2.20. The zero-order chi connectivity index (χ0) is 24.6. The summed E-state index contributed by atoms with van der Waals surface area (Å²) in [5.74, 6) is -0.718. The summed E-state index contributed by atoms with van der Waals surface area (Å²) in [4.78, 5) is 40.9. The van der Waals surface area contributed by atoms with Crippen LogP contribution in [0.5, 0.6) is 0 Å². The summed E-state index contributed by atoms with van der Waals surface area (Å²) in [7, 11) is 0. The summed E-state index contributed by atoms with van der Waals surface area (Å²) in [6.45, 7) is 13.7. The fraction of sp³-hybridized carbons (Fsp3) is 0.577. The van der Waals surface area contributed by atoms with Crippen LogP contribution in [-0.2, 0) is 25.7 Å². The lowest BCUT2D eigenvalue weighted by molar-refractivity contribution is -0.151. The van der Waals surface area contributed by atoms with Gasteiger partial charge in [0.25, 0.3) is 0 Å². The summed E-state index contributed by atoms with van der Waals surface area (Å²) in [6.07, 6.45) is 2.92. The standard InChI is InChI=1S/C26H38N2O5/c1-7-14-26(15-11-16-28(26)24(31)33-25(4,5)6)23(30)27-21(17-19(2)3)22(29)32-18-20-12-9-8-10-13-20/h7-10,12-13,19,21H,1,11,14-18H2,2-6H3,(H,27,30)/t21-,26+/m1/s1. The van der Waals surface area contributed by atoms with E-state index < -0.39 is 29.2 Å². The van der Waals surface area contributed by atoms with Gasteiger partial charge in [-0.05, 0) is 57.9 Å². The number of hydrogen-bond acceptors (Lipinski definition) is 5. The van der Waals surface area contributed by atoms with Gasteiger partial charge in [-0.15, -0.1) is 6.58 Å². The largest absolute Gasteiger partial charge is 0.459 e. The first-order chi connectivity index (χ1) is 15.5. The first-order valence-electron chi connectivity index (χ1n) is 11.6. The minimum Gasteiger partial charge on any atom is -0.459 e. The van der Waals surface area contributed by atoms with E-state index in [1.165, 1.54) is 4.90 Å². The molecule has 0 spiro atoms. The molecular weight excluding hydrogens is 420 g/mol. The molecule has 0 bridgehead atoms. The van der Waals surface area contributed by atoms with Crippen molar-refractivity contribution in [3.8, 4) is 0 Å². The summed E-state index contributed by atoms with van der Waals surface area (Å²) in [5, 5.41) is 2.89. The Morgan fingerprint density at radius 2 is 1.88 bits per heavy atom. The number of carbonyl (C=O) groups is 3. The Hall–Kier alpha value is -2.83. The van der Waals surface area contributed by atoms with E-state index >= 15 is 0 Å². The van der Waals surface area contributed by atoms with Gasteiger partial charge in [-0.3, -0.25) is 9.69 Å². The van der Waals surface area contributed by atoms with Crippen molar-refractivity contribution in [2.45, 2.75) is 84.1 Å². The number of ether oxygens (including phenoxy) is 2. The fourth-order valence-corrected chi connectivity index (χ4v) is 4.05. The van der Waals surface area contributed by atoms with Crippen LogP contribution in [0.25, 0.3) is 0 Å². The highest BCUT2D eigenvalue weighted by Crippen LogP contribution is 2.35. The summed E-state index contributed by atoms with van der Waals surface area (Å²) < 4.78 is 11.1. The lowest BCUT2D eigenvalue weighted by atomic mass is 9.90. The zero-order valence-corrected chi connectivity index (χ0v) is 20.6. The molecule has 182 valence electrons. The van der Waals surface area contributed by atoms with Crippen molar-refractivity contribution in [3.05, 3.63) is 48.6 Å². The van der Waals surface area contributed by atoms with Crippen molar-refractivity contribution in [1.29, 1.82) is 0 Å². The van der Waals surface area contributed by atoms with E-state index in [1.807, 2.05) is 44.2 Å². The molecule has 7 nitrogen and oxygen atoms in total. The molecule has 1 heterocycles. The summed E-state index contributed by atoms with van der Waals surface area (Å²) in [5.41, 5.74) is -0.952. The van der Waals surface area contributed by atoms with Gasteiger partial charge in [0.15, 0.2) is 0 Å². The second kappa shape index (κ2) is 11.3. The molecule has 1 aromatic carbocycles. The Labute approximate surface area is 197 Å². The van der Waals surface area contributed by atoms with Crippen LogP contribution >= 0.6 is 0 Å². The van der Waals surface area contributed by atoms with Gasteiger partial charge in [-0.25, -0.2) is 9.59 Å². The van der Waals surface area contributed by atoms with Gasteiger partial charge in [0.1, 0.15) is 23.8 Å². The van der Waals surface area contributed by atoms with Crippen molar-refractivity contribution in [1.82, 2.24) is 10.2 Å². The first kappa shape index (κ1) is 26.4. The molecule has 0 aliphatic carbocycles. The van der Waals surface area contributed by atoms with E-state index in [0.717, 1.165) is 5.56 Å². The van der Waals surface area contributed by atoms with Crippen LogP contribution in [0, 0.1) is 5.92 Å². The minimum atomic E-state index is -1.14. The molecule has 0 aromatic heterocycles. The number of benzene rings is 1. The molecule has 0 unspecified atom stereocenters. The first-order valence-corrected chi connectivity index (χ1v) is 11.6. The van der Waals surface area contributed by atoms with E-state index in [2.05, 4.69) is 11.9 Å². The average molecular weight is 459 g/mol. The Morgan fingerprint density at radius 3 is 2.45 bits per heavy atom. The molecule has 0 saturated carbocycles. The lowest BCUT2D eigenvalue weighted by Gasteiger charge is -2.38. The van der Waals surface area contributed by atoms with E-state index in [9.17, 15) is 14.4 Å². The van der Waals surface area contributed by atoms with Gasteiger partial charge in [0.2, 0.25) is 5.91 Å². The molecule has 1 fully saturated rings. The number of rotatable bonds is 9. The highest BCUT2D eigenvalue weighted by atomic mass is 16.6. The maximum atomic E-state index is 13.6. The number of hydrogen-bond donors (Lipinski definition) is 1. The summed E-state index contributed by atoms with van der Waals surface area (Å²) in [6, 6.07) is 8.58. The topological polar surface area (TPSA) is 84.9 Å². The molecule has 2 amide bonds. The SMILES string of the molecule is C=CC[C@@]1(C(=O)N[C@H](CC(C)C)C(=O)OCc2ccccc2)CCCN1C(=O)OC(C)(C)C. The van der Waals surface area contributed by atoms with Crippen LogP contribution in [0.2, 0.25) is 0 Å². The van der Waals surface area contributed by atoms with E-state index in [-0.39, 0.29) is 24.9 Å². The second-order valence-corrected chi connectivity index (χ2v) is 10.0. The minimum absolute atomic E-state index is 0.131. The molecule has 0 radical (unpaired) electrons. The number of esters is 1. The van der Waals surface area contributed by atoms with Gasteiger partial charge >= 0.3 is 12.1 Å². The molecule has 2 rings (SSSR count). The third-order valence-electron chi connectivity index (χ3n) is 5.53. The third kappa shape index (κ3) is 7.34. The monoisotopic (exact) mass is 458 g/mol. The third-order valence-corrected chi connectivity index (χ3v) is 5.53. The number of likely N-dealkylation sites (tertiary alicyclic amines) is 1. The van der Waals surface area contributed by atoms with Crippen LogP contribution in [0.4, 0.5) is 4.79 Å². The Bertz CT molecular complexity index is 831. The molecule has 1 saturated heterocycles. The highest BCUT2D eigenvalue weighted by Gasteiger charge is 2.50. The molecule has 1 aromatic rings. The predicted molar refractivity (Wildman–Crippen MR) is 127 cm³/mol. The maximum absolute atomic E-state index is 13.6. The van der Waals surface area contributed by atoms with Gasteiger partial charge in [-0.1, -0.05) is 50.3 Å². The zero-order valence-electron chi connectivity index (χ0n) is 20.6. The van der Waals surface area contributed by atoms with Crippen LogP contribution < -0.4 is 5.32 Å². The number of nitrogens with one attached hydrogen (secondary N) is 1. The number of nitrogens with zero attached hydrogens (tertiary/aromatic N) is 1. The van der Waals surface area contributed by atoms with E-state index in [1.54, 1.807) is 26.8 Å². The molecular formula is C26H38N2O5. The Kier molecular flexibility index (Phi) is 9.08. The van der Waals surface area contributed by atoms with Crippen LogP contribution in [0.1, 0.15) is 65.9 Å². The van der Waals surface area contributed by atoms with Gasteiger partial charge in [0, 0.05) is 6.54 Å². The van der Waals surface area contributed by atoms with Crippen molar-refractivity contribution in [3.63, 3.8) is 0 Å². The number of carbonyl (C=O) groups excluding carboxylic acids is 3. The van der Waals surface area contributed by atoms with E-state index in [4.69, 9.17) is 9.47 Å². The molecule has 1 aliphatic rings. The van der Waals surface area contributed by atoms with Gasteiger partial charge in [0.05, 0.1) is 0 Å². The van der Waals surface area contributed by atoms with Gasteiger partial charge < -0.3 is 14.8 Å². The van der Waals surface area contributed by atoms with Crippen molar-refractivity contribution < 1.29 is 23.9 Å².